The lowest BCUT2D eigenvalue weighted by Gasteiger charge is -2.13. The van der Waals surface area contributed by atoms with Crippen LogP contribution in [0.3, 0.4) is 0 Å². The lowest BCUT2D eigenvalue weighted by molar-refractivity contribution is -0.113. The zero-order valence-electron chi connectivity index (χ0n) is 10.7. The maximum absolute atomic E-state index is 12.2. The standard InChI is InChI=1S/C16H18O2/c1-2-6-14-16-12(10-18-14)9-13(17)15(16)11-7-4-3-5-8-11/h3-5,7-8,12,14H,2,6,9-10H2,1H3/t12-,14+/m1/s1. The minimum absolute atomic E-state index is 0.168. The van der Waals surface area contributed by atoms with Crippen LogP contribution in [0.25, 0.3) is 5.57 Å². The molecular weight excluding hydrogens is 224 g/mol. The van der Waals surface area contributed by atoms with Crippen molar-refractivity contribution >= 4 is 11.4 Å². The molecule has 0 saturated carbocycles. The van der Waals surface area contributed by atoms with E-state index in [1.54, 1.807) is 0 Å². The number of ether oxygens (including phenoxy) is 1. The molecule has 2 nitrogen and oxygen atoms in total. The summed E-state index contributed by atoms with van der Waals surface area (Å²) in [4.78, 5) is 12.2. The number of benzene rings is 1. The molecule has 0 spiro atoms. The summed E-state index contributed by atoms with van der Waals surface area (Å²) in [5.41, 5.74) is 3.27. The lowest BCUT2D eigenvalue weighted by Crippen LogP contribution is -2.09. The number of Topliss-reactive ketones (excluding diaryl/α,β-unsaturated/α-hetero) is 1. The third-order valence-electron chi connectivity index (χ3n) is 3.90. The van der Waals surface area contributed by atoms with Gasteiger partial charge in [0, 0.05) is 17.9 Å². The van der Waals surface area contributed by atoms with Crippen LogP contribution in [-0.2, 0) is 9.53 Å². The highest BCUT2D eigenvalue weighted by Crippen LogP contribution is 2.43. The van der Waals surface area contributed by atoms with Crippen LogP contribution in [-0.4, -0.2) is 18.5 Å². The fourth-order valence-corrected chi connectivity index (χ4v) is 3.13. The van der Waals surface area contributed by atoms with E-state index in [1.165, 1.54) is 5.57 Å². The molecule has 2 atom stereocenters. The van der Waals surface area contributed by atoms with Gasteiger partial charge >= 0.3 is 0 Å². The summed E-state index contributed by atoms with van der Waals surface area (Å²) in [6, 6.07) is 10.0. The van der Waals surface area contributed by atoms with Crippen molar-refractivity contribution in [3.63, 3.8) is 0 Å². The van der Waals surface area contributed by atoms with Crippen molar-refractivity contribution in [3.05, 3.63) is 41.5 Å². The Bertz CT molecular complexity index is 485. The van der Waals surface area contributed by atoms with E-state index in [2.05, 4.69) is 6.92 Å². The first-order chi connectivity index (χ1) is 8.81. The van der Waals surface area contributed by atoms with Gasteiger partial charge in [-0.2, -0.15) is 0 Å². The molecule has 1 heterocycles. The number of carbonyl (C=O) groups excluding carboxylic acids is 1. The number of hydrogen-bond donors (Lipinski definition) is 0. The highest BCUT2D eigenvalue weighted by molar-refractivity contribution is 6.24. The van der Waals surface area contributed by atoms with Crippen molar-refractivity contribution in [1.29, 1.82) is 0 Å². The Hall–Kier alpha value is -1.41. The Morgan fingerprint density at radius 1 is 1.28 bits per heavy atom. The average molecular weight is 242 g/mol. The van der Waals surface area contributed by atoms with Crippen LogP contribution < -0.4 is 0 Å². The van der Waals surface area contributed by atoms with E-state index in [9.17, 15) is 4.79 Å². The van der Waals surface area contributed by atoms with Crippen LogP contribution in [0.2, 0.25) is 0 Å². The molecule has 1 aliphatic carbocycles. The lowest BCUT2D eigenvalue weighted by atomic mass is 9.94. The smallest absolute Gasteiger partial charge is 0.164 e. The van der Waals surface area contributed by atoms with Gasteiger partial charge in [-0.1, -0.05) is 43.7 Å². The largest absolute Gasteiger partial charge is 0.373 e. The van der Waals surface area contributed by atoms with E-state index < -0.39 is 0 Å². The summed E-state index contributed by atoms with van der Waals surface area (Å²) in [5.74, 6) is 0.634. The van der Waals surface area contributed by atoms with Gasteiger partial charge in [-0.15, -0.1) is 0 Å². The first-order valence-electron chi connectivity index (χ1n) is 6.75. The molecular formula is C16H18O2. The highest BCUT2D eigenvalue weighted by atomic mass is 16.5. The maximum atomic E-state index is 12.2. The van der Waals surface area contributed by atoms with E-state index in [0.717, 1.165) is 30.6 Å². The molecule has 1 aromatic rings. The summed E-state index contributed by atoms with van der Waals surface area (Å²) >= 11 is 0. The Balaban J connectivity index is 2.05. The van der Waals surface area contributed by atoms with Gasteiger partial charge in [0.2, 0.25) is 0 Å². The second-order valence-electron chi connectivity index (χ2n) is 5.13. The molecule has 3 rings (SSSR count). The molecule has 2 aliphatic rings. The van der Waals surface area contributed by atoms with Gasteiger partial charge in [-0.25, -0.2) is 0 Å². The third-order valence-corrected chi connectivity index (χ3v) is 3.90. The van der Waals surface area contributed by atoms with Crippen LogP contribution in [0, 0.1) is 5.92 Å². The van der Waals surface area contributed by atoms with Crippen molar-refractivity contribution in [2.24, 2.45) is 5.92 Å². The molecule has 1 aromatic carbocycles. The van der Waals surface area contributed by atoms with Crippen molar-refractivity contribution < 1.29 is 9.53 Å². The van der Waals surface area contributed by atoms with Crippen LogP contribution >= 0.6 is 0 Å². The second-order valence-corrected chi connectivity index (χ2v) is 5.13. The van der Waals surface area contributed by atoms with Gasteiger partial charge in [-0.3, -0.25) is 4.79 Å². The zero-order valence-corrected chi connectivity index (χ0v) is 10.7. The summed E-state index contributed by atoms with van der Waals surface area (Å²) in [6.07, 6.45) is 2.92. The van der Waals surface area contributed by atoms with Crippen molar-refractivity contribution in [1.82, 2.24) is 0 Å². The molecule has 1 saturated heterocycles. The minimum atomic E-state index is 0.168. The number of fused-ring (bicyclic) bond motifs is 1. The Kier molecular flexibility index (Phi) is 3.04. The fourth-order valence-electron chi connectivity index (χ4n) is 3.13. The van der Waals surface area contributed by atoms with Gasteiger partial charge in [-0.05, 0) is 17.6 Å². The van der Waals surface area contributed by atoms with E-state index in [1.807, 2.05) is 30.3 Å². The van der Waals surface area contributed by atoms with Crippen molar-refractivity contribution in [2.75, 3.05) is 6.61 Å². The topological polar surface area (TPSA) is 26.3 Å². The highest BCUT2D eigenvalue weighted by Gasteiger charge is 2.41. The average Bonchev–Trinajstić information content (AvgIpc) is 2.90. The van der Waals surface area contributed by atoms with Gasteiger partial charge in [0.15, 0.2) is 5.78 Å². The summed E-state index contributed by atoms with van der Waals surface area (Å²) < 4.78 is 5.85. The summed E-state index contributed by atoms with van der Waals surface area (Å²) in [7, 11) is 0. The fraction of sp³-hybridized carbons (Fsp3) is 0.438. The van der Waals surface area contributed by atoms with Crippen LogP contribution in [0.15, 0.2) is 35.9 Å². The zero-order chi connectivity index (χ0) is 12.5. The number of allylic oxidation sites excluding steroid dienone is 1. The van der Waals surface area contributed by atoms with Crippen molar-refractivity contribution in [2.45, 2.75) is 32.3 Å². The van der Waals surface area contributed by atoms with Crippen LogP contribution in [0.5, 0.6) is 0 Å². The number of carbonyl (C=O) groups is 1. The Morgan fingerprint density at radius 2 is 2.06 bits per heavy atom. The molecule has 0 N–H and O–H groups in total. The first kappa shape index (κ1) is 11.7. The molecule has 0 amide bonds. The third kappa shape index (κ3) is 1.81. The van der Waals surface area contributed by atoms with E-state index in [-0.39, 0.29) is 6.10 Å². The van der Waals surface area contributed by atoms with Crippen LogP contribution in [0.1, 0.15) is 31.7 Å². The molecule has 0 bridgehead atoms. The Morgan fingerprint density at radius 3 is 2.78 bits per heavy atom. The second kappa shape index (κ2) is 4.69. The molecule has 94 valence electrons. The Labute approximate surface area is 108 Å². The molecule has 18 heavy (non-hydrogen) atoms. The van der Waals surface area contributed by atoms with Gasteiger partial charge in [0.1, 0.15) is 0 Å². The van der Waals surface area contributed by atoms with E-state index >= 15 is 0 Å². The van der Waals surface area contributed by atoms with Gasteiger partial charge in [0.25, 0.3) is 0 Å². The van der Waals surface area contributed by atoms with Gasteiger partial charge < -0.3 is 4.74 Å². The minimum Gasteiger partial charge on any atom is -0.373 e. The SMILES string of the molecule is CCC[C@@H]1OC[C@H]2CC(=O)C(c3ccccc3)=C21. The monoisotopic (exact) mass is 242 g/mol. The normalized spacial score (nSPS) is 26.8. The van der Waals surface area contributed by atoms with E-state index in [0.29, 0.717) is 18.1 Å². The molecule has 1 aliphatic heterocycles. The molecule has 0 radical (unpaired) electrons. The molecule has 0 unspecified atom stereocenters. The van der Waals surface area contributed by atoms with Gasteiger partial charge in [0.05, 0.1) is 12.7 Å². The van der Waals surface area contributed by atoms with E-state index in [4.69, 9.17) is 4.74 Å². The summed E-state index contributed by atoms with van der Waals surface area (Å²) in [5, 5.41) is 0. The molecule has 2 heteroatoms. The molecule has 1 fully saturated rings. The predicted molar refractivity (Wildman–Crippen MR) is 71.1 cm³/mol. The summed E-state index contributed by atoms with van der Waals surface area (Å²) in [6.45, 7) is 2.89. The number of hydrogen-bond acceptors (Lipinski definition) is 2. The van der Waals surface area contributed by atoms with Crippen LogP contribution in [0.4, 0.5) is 0 Å². The first-order valence-corrected chi connectivity index (χ1v) is 6.75. The quantitative estimate of drug-likeness (QED) is 0.813. The van der Waals surface area contributed by atoms with Crippen molar-refractivity contribution in [3.8, 4) is 0 Å². The number of rotatable bonds is 3. The maximum Gasteiger partial charge on any atom is 0.164 e. The molecule has 0 aromatic heterocycles. The number of ketones is 1. The predicted octanol–water partition coefficient (Wildman–Crippen LogP) is 3.23.